The molecule has 1 aromatic carbocycles. The van der Waals surface area contributed by atoms with E-state index in [4.69, 9.17) is 4.74 Å². The second-order valence-electron chi connectivity index (χ2n) is 12.6. The first-order valence-electron chi connectivity index (χ1n) is 12.6. The molecule has 0 spiro atoms. The fourth-order valence-corrected chi connectivity index (χ4v) is 5.43. The van der Waals surface area contributed by atoms with E-state index in [1.165, 1.54) is 5.56 Å². The number of benzene rings is 1. The standard InChI is InChI=1S/C28H46N2O4/c1-10-26(5,6)19-12-13-22(21(14-19)27(7,8)11-2)34-24(33)29-18-28(9)16-20(30-23(31)32)15-25(3,4)17-28/h12-14,20,30H,10-11,15-18H2,1-9H3,(H,29,33)(H,31,32). The molecule has 6 heteroatoms. The van der Waals surface area contributed by atoms with Gasteiger partial charge >= 0.3 is 12.2 Å². The molecule has 2 rings (SSSR count). The summed E-state index contributed by atoms with van der Waals surface area (Å²) >= 11 is 0. The molecule has 1 aromatic rings. The van der Waals surface area contributed by atoms with Crippen molar-refractivity contribution in [3.8, 4) is 5.75 Å². The molecule has 0 aliphatic heterocycles. The van der Waals surface area contributed by atoms with Crippen molar-refractivity contribution in [2.75, 3.05) is 6.54 Å². The minimum atomic E-state index is -1.00. The molecule has 34 heavy (non-hydrogen) atoms. The van der Waals surface area contributed by atoms with Crippen LogP contribution in [0.5, 0.6) is 5.75 Å². The molecule has 1 aliphatic carbocycles. The Hall–Kier alpha value is -2.24. The summed E-state index contributed by atoms with van der Waals surface area (Å²) in [5, 5.41) is 14.8. The number of carbonyl (C=O) groups is 2. The van der Waals surface area contributed by atoms with Crippen LogP contribution in [0.25, 0.3) is 0 Å². The summed E-state index contributed by atoms with van der Waals surface area (Å²) in [5.74, 6) is 0.597. The molecule has 1 fully saturated rings. The van der Waals surface area contributed by atoms with Gasteiger partial charge in [-0.1, -0.05) is 74.4 Å². The Morgan fingerprint density at radius 2 is 1.68 bits per heavy atom. The van der Waals surface area contributed by atoms with E-state index >= 15 is 0 Å². The van der Waals surface area contributed by atoms with Crippen molar-refractivity contribution in [3.05, 3.63) is 29.3 Å². The molecule has 0 heterocycles. The van der Waals surface area contributed by atoms with E-state index in [1.54, 1.807) is 0 Å². The first kappa shape index (κ1) is 28.0. The normalized spacial score (nSPS) is 22.7. The molecule has 0 saturated heterocycles. The van der Waals surface area contributed by atoms with Gasteiger partial charge in [-0.05, 0) is 65.4 Å². The van der Waals surface area contributed by atoms with Gasteiger partial charge in [-0.2, -0.15) is 0 Å². The lowest BCUT2D eigenvalue weighted by atomic mass is 9.62. The van der Waals surface area contributed by atoms with E-state index in [0.717, 1.165) is 31.2 Å². The molecule has 2 atom stereocenters. The molecular weight excluding hydrogens is 428 g/mol. The molecule has 2 amide bonds. The Bertz CT molecular complexity index is 890. The molecule has 3 N–H and O–H groups in total. The van der Waals surface area contributed by atoms with Gasteiger partial charge in [-0.3, -0.25) is 0 Å². The van der Waals surface area contributed by atoms with Crippen LogP contribution < -0.4 is 15.4 Å². The third kappa shape index (κ3) is 7.13. The van der Waals surface area contributed by atoms with Crippen LogP contribution in [0.4, 0.5) is 9.59 Å². The quantitative estimate of drug-likeness (QED) is 0.378. The zero-order valence-electron chi connectivity index (χ0n) is 22.7. The first-order chi connectivity index (χ1) is 15.5. The zero-order valence-corrected chi connectivity index (χ0v) is 22.7. The number of rotatable bonds is 8. The van der Waals surface area contributed by atoms with Gasteiger partial charge in [0.15, 0.2) is 0 Å². The Labute approximate surface area is 206 Å². The molecule has 1 aliphatic rings. The van der Waals surface area contributed by atoms with Crippen LogP contribution in [0.1, 0.15) is 106 Å². The van der Waals surface area contributed by atoms with Crippen LogP contribution in [0.2, 0.25) is 0 Å². The smallest absolute Gasteiger partial charge is 0.412 e. The van der Waals surface area contributed by atoms with E-state index < -0.39 is 12.2 Å². The highest BCUT2D eigenvalue weighted by Gasteiger charge is 2.42. The average molecular weight is 475 g/mol. The highest BCUT2D eigenvalue weighted by Crippen LogP contribution is 2.46. The summed E-state index contributed by atoms with van der Waals surface area (Å²) in [5.41, 5.74) is 1.95. The molecule has 6 nitrogen and oxygen atoms in total. The third-order valence-electron chi connectivity index (χ3n) is 7.89. The van der Waals surface area contributed by atoms with Gasteiger partial charge in [0, 0.05) is 18.2 Å². The second kappa shape index (κ2) is 10.2. The van der Waals surface area contributed by atoms with Gasteiger partial charge in [0.25, 0.3) is 0 Å². The lowest BCUT2D eigenvalue weighted by Crippen LogP contribution is -2.50. The van der Waals surface area contributed by atoms with Crippen molar-refractivity contribution in [2.24, 2.45) is 10.8 Å². The Kier molecular flexibility index (Phi) is 8.37. The maximum atomic E-state index is 12.9. The highest BCUT2D eigenvalue weighted by molar-refractivity contribution is 5.71. The first-order valence-corrected chi connectivity index (χ1v) is 12.6. The van der Waals surface area contributed by atoms with Crippen LogP contribution in [-0.2, 0) is 10.8 Å². The minimum Gasteiger partial charge on any atom is -0.465 e. The third-order valence-corrected chi connectivity index (χ3v) is 7.89. The number of carbonyl (C=O) groups excluding carboxylic acids is 1. The van der Waals surface area contributed by atoms with E-state index in [9.17, 15) is 14.7 Å². The fraction of sp³-hybridized carbons (Fsp3) is 0.714. The summed E-state index contributed by atoms with van der Waals surface area (Å²) in [7, 11) is 0. The maximum Gasteiger partial charge on any atom is 0.412 e. The van der Waals surface area contributed by atoms with Crippen molar-refractivity contribution in [1.82, 2.24) is 10.6 Å². The van der Waals surface area contributed by atoms with Gasteiger partial charge in [0.2, 0.25) is 0 Å². The average Bonchev–Trinajstić information content (AvgIpc) is 2.70. The van der Waals surface area contributed by atoms with Crippen molar-refractivity contribution in [2.45, 2.75) is 111 Å². The fourth-order valence-electron chi connectivity index (χ4n) is 5.43. The van der Waals surface area contributed by atoms with Crippen molar-refractivity contribution in [3.63, 3.8) is 0 Å². The van der Waals surface area contributed by atoms with Gasteiger partial charge in [0.05, 0.1) is 0 Å². The summed E-state index contributed by atoms with van der Waals surface area (Å²) in [4.78, 5) is 24.1. The van der Waals surface area contributed by atoms with E-state index in [1.807, 2.05) is 6.07 Å². The molecule has 2 unspecified atom stereocenters. The minimum absolute atomic E-state index is 0.0219. The van der Waals surface area contributed by atoms with Crippen LogP contribution in [0.15, 0.2) is 18.2 Å². The van der Waals surface area contributed by atoms with Gasteiger partial charge in [0.1, 0.15) is 5.75 Å². The van der Waals surface area contributed by atoms with Crippen molar-refractivity contribution < 1.29 is 19.4 Å². The molecule has 1 saturated carbocycles. The molecular formula is C28H46N2O4. The van der Waals surface area contributed by atoms with E-state index in [2.05, 4.69) is 85.1 Å². The number of hydrogen-bond donors (Lipinski definition) is 3. The largest absolute Gasteiger partial charge is 0.465 e. The van der Waals surface area contributed by atoms with Crippen LogP contribution in [0.3, 0.4) is 0 Å². The number of hydrogen-bond acceptors (Lipinski definition) is 3. The lowest BCUT2D eigenvalue weighted by molar-refractivity contribution is 0.0695. The summed E-state index contributed by atoms with van der Waals surface area (Å²) in [6, 6.07) is 6.06. The zero-order chi connectivity index (χ0) is 25.9. The molecule has 192 valence electrons. The van der Waals surface area contributed by atoms with E-state index in [-0.39, 0.29) is 27.7 Å². The Morgan fingerprint density at radius 1 is 1.06 bits per heavy atom. The number of carboxylic acid groups (broad SMARTS) is 1. The lowest BCUT2D eigenvalue weighted by Gasteiger charge is -2.46. The summed E-state index contributed by atoms with van der Waals surface area (Å²) in [6.07, 6.45) is 2.83. The number of ether oxygens (including phenoxy) is 1. The monoisotopic (exact) mass is 474 g/mol. The summed E-state index contributed by atoms with van der Waals surface area (Å²) < 4.78 is 5.85. The Balaban J connectivity index is 2.18. The predicted octanol–water partition coefficient (Wildman–Crippen LogP) is 7.00. The van der Waals surface area contributed by atoms with Crippen LogP contribution in [0, 0.1) is 10.8 Å². The Morgan fingerprint density at radius 3 is 2.24 bits per heavy atom. The summed E-state index contributed by atoms with van der Waals surface area (Å²) in [6.45, 7) is 20.0. The van der Waals surface area contributed by atoms with Gasteiger partial charge in [-0.15, -0.1) is 0 Å². The van der Waals surface area contributed by atoms with Gasteiger partial charge in [-0.25, -0.2) is 9.59 Å². The molecule has 0 radical (unpaired) electrons. The van der Waals surface area contributed by atoms with Crippen LogP contribution in [-0.4, -0.2) is 29.9 Å². The van der Waals surface area contributed by atoms with E-state index in [0.29, 0.717) is 18.7 Å². The van der Waals surface area contributed by atoms with Gasteiger partial charge < -0.3 is 20.5 Å². The maximum absolute atomic E-state index is 12.9. The topological polar surface area (TPSA) is 87.7 Å². The SMILES string of the molecule is CCC(C)(C)c1ccc(OC(=O)NCC2(C)CC(NC(=O)O)CC(C)(C)C2)c(C(C)(C)CC)c1. The van der Waals surface area contributed by atoms with Crippen LogP contribution >= 0.6 is 0 Å². The number of nitrogens with one attached hydrogen (secondary N) is 2. The molecule has 0 bridgehead atoms. The second-order valence-corrected chi connectivity index (χ2v) is 12.6. The van der Waals surface area contributed by atoms with Crippen molar-refractivity contribution in [1.29, 1.82) is 0 Å². The molecule has 0 aromatic heterocycles. The highest BCUT2D eigenvalue weighted by atomic mass is 16.6. The van der Waals surface area contributed by atoms with Crippen molar-refractivity contribution >= 4 is 12.2 Å². The number of amides is 2. The predicted molar refractivity (Wildman–Crippen MR) is 138 cm³/mol.